The van der Waals surface area contributed by atoms with Crippen LogP contribution in [-0.2, 0) is 0 Å². The van der Waals surface area contributed by atoms with Crippen molar-refractivity contribution in [3.8, 4) is 0 Å². The molecule has 2 nitrogen and oxygen atoms in total. The molecule has 0 saturated carbocycles. The van der Waals surface area contributed by atoms with Crippen LogP contribution in [0.5, 0.6) is 0 Å². The van der Waals surface area contributed by atoms with Gasteiger partial charge < -0.3 is 5.84 Å². The summed E-state index contributed by atoms with van der Waals surface area (Å²) in [6, 6.07) is 4.64. The average Bonchev–Trinajstić information content (AvgIpc) is 2.08. The largest absolute Gasteiger partial charge is 0.323 e. The van der Waals surface area contributed by atoms with Crippen LogP contribution in [0, 0.1) is 5.82 Å². The molecule has 0 aromatic heterocycles. The standard InChI is InChI=1S/C8H8BrFN2/c1-5(12-11)7-4-6(9)2-3-8(7)10/h2-4H,11H2,1H3. The molecule has 0 unspecified atom stereocenters. The van der Waals surface area contributed by atoms with Gasteiger partial charge in [-0.3, -0.25) is 0 Å². The predicted octanol–water partition coefficient (Wildman–Crippen LogP) is 2.27. The third kappa shape index (κ3) is 1.82. The van der Waals surface area contributed by atoms with Gasteiger partial charge in [-0.15, -0.1) is 0 Å². The first kappa shape index (κ1) is 9.19. The molecule has 0 bridgehead atoms. The van der Waals surface area contributed by atoms with Crippen molar-refractivity contribution in [3.63, 3.8) is 0 Å². The number of nitrogens with two attached hydrogens (primary N) is 1. The van der Waals surface area contributed by atoms with E-state index in [2.05, 4.69) is 21.0 Å². The van der Waals surface area contributed by atoms with Gasteiger partial charge >= 0.3 is 0 Å². The summed E-state index contributed by atoms with van der Waals surface area (Å²) in [6.07, 6.45) is 0. The minimum absolute atomic E-state index is 0.315. The van der Waals surface area contributed by atoms with E-state index in [1.807, 2.05) is 0 Å². The Kier molecular flexibility index (Phi) is 2.81. The van der Waals surface area contributed by atoms with Crippen molar-refractivity contribution in [2.45, 2.75) is 6.92 Å². The molecular weight excluding hydrogens is 223 g/mol. The number of benzene rings is 1. The fourth-order valence-corrected chi connectivity index (χ4v) is 1.21. The van der Waals surface area contributed by atoms with E-state index in [0.717, 1.165) is 4.47 Å². The fraction of sp³-hybridized carbons (Fsp3) is 0.125. The van der Waals surface area contributed by atoms with Gasteiger partial charge in [-0.25, -0.2) is 4.39 Å². The van der Waals surface area contributed by atoms with E-state index in [9.17, 15) is 4.39 Å². The summed E-state index contributed by atoms with van der Waals surface area (Å²) >= 11 is 3.23. The molecule has 4 heteroatoms. The van der Waals surface area contributed by atoms with Crippen LogP contribution in [0.2, 0.25) is 0 Å². The molecular formula is C8H8BrFN2. The van der Waals surface area contributed by atoms with Gasteiger partial charge in [0.25, 0.3) is 0 Å². The molecule has 0 amide bonds. The molecule has 2 N–H and O–H groups in total. The Labute approximate surface area is 78.4 Å². The Hall–Kier alpha value is -0.900. The summed E-state index contributed by atoms with van der Waals surface area (Å²) in [7, 11) is 0. The van der Waals surface area contributed by atoms with Crippen LogP contribution in [0.1, 0.15) is 12.5 Å². The first-order chi connectivity index (χ1) is 5.65. The highest BCUT2D eigenvalue weighted by atomic mass is 79.9. The summed E-state index contributed by atoms with van der Waals surface area (Å²) in [6.45, 7) is 1.66. The second-order valence-electron chi connectivity index (χ2n) is 2.34. The van der Waals surface area contributed by atoms with Crippen LogP contribution in [0.15, 0.2) is 27.8 Å². The van der Waals surface area contributed by atoms with Crippen LogP contribution >= 0.6 is 15.9 Å². The van der Waals surface area contributed by atoms with Crippen molar-refractivity contribution >= 4 is 21.6 Å². The van der Waals surface area contributed by atoms with Crippen molar-refractivity contribution < 1.29 is 4.39 Å². The number of halogens is 2. The van der Waals surface area contributed by atoms with Crippen LogP contribution < -0.4 is 5.84 Å². The van der Waals surface area contributed by atoms with Crippen LogP contribution in [0.4, 0.5) is 4.39 Å². The minimum atomic E-state index is -0.315. The maximum absolute atomic E-state index is 13.0. The molecule has 64 valence electrons. The molecule has 0 aliphatic carbocycles. The fourth-order valence-electron chi connectivity index (χ4n) is 0.844. The topological polar surface area (TPSA) is 38.4 Å². The maximum Gasteiger partial charge on any atom is 0.132 e. The molecule has 0 atom stereocenters. The highest BCUT2D eigenvalue weighted by Gasteiger charge is 2.04. The number of hydrazone groups is 1. The molecule has 0 radical (unpaired) electrons. The van der Waals surface area contributed by atoms with E-state index < -0.39 is 0 Å². The van der Waals surface area contributed by atoms with E-state index in [1.54, 1.807) is 19.1 Å². The third-order valence-electron chi connectivity index (χ3n) is 1.51. The van der Waals surface area contributed by atoms with Gasteiger partial charge in [-0.2, -0.15) is 5.10 Å². The summed E-state index contributed by atoms with van der Waals surface area (Å²) < 4.78 is 13.9. The first-order valence-electron chi connectivity index (χ1n) is 3.35. The van der Waals surface area contributed by atoms with Gasteiger partial charge in [-0.1, -0.05) is 15.9 Å². The lowest BCUT2D eigenvalue weighted by molar-refractivity contribution is 0.624. The van der Waals surface area contributed by atoms with Crippen LogP contribution in [-0.4, -0.2) is 5.71 Å². The molecule has 1 aromatic carbocycles. The van der Waals surface area contributed by atoms with Crippen molar-refractivity contribution in [2.24, 2.45) is 10.9 Å². The van der Waals surface area contributed by atoms with Crippen molar-refractivity contribution in [1.29, 1.82) is 0 Å². The van der Waals surface area contributed by atoms with Gasteiger partial charge in [0, 0.05) is 10.0 Å². The lowest BCUT2D eigenvalue weighted by atomic mass is 10.1. The van der Waals surface area contributed by atoms with E-state index >= 15 is 0 Å². The zero-order valence-corrected chi connectivity index (χ0v) is 8.10. The summed E-state index contributed by atoms with van der Waals surface area (Å²) in [5.41, 5.74) is 0.903. The molecule has 0 heterocycles. The summed E-state index contributed by atoms with van der Waals surface area (Å²) in [4.78, 5) is 0. The molecule has 1 aromatic rings. The number of hydrogen-bond acceptors (Lipinski definition) is 2. The SMILES string of the molecule is CC(=NN)c1cc(Br)ccc1F. The predicted molar refractivity (Wildman–Crippen MR) is 50.5 cm³/mol. The number of rotatable bonds is 1. The Morgan fingerprint density at radius 3 is 2.83 bits per heavy atom. The van der Waals surface area contributed by atoms with Crippen LogP contribution in [0.3, 0.4) is 0 Å². The number of nitrogens with zero attached hydrogens (tertiary/aromatic N) is 1. The van der Waals surface area contributed by atoms with Gasteiger partial charge in [0.1, 0.15) is 5.82 Å². The van der Waals surface area contributed by atoms with Crippen molar-refractivity contribution in [2.75, 3.05) is 0 Å². The number of hydrogen-bond donors (Lipinski definition) is 1. The van der Waals surface area contributed by atoms with Crippen molar-refractivity contribution in [1.82, 2.24) is 0 Å². The monoisotopic (exact) mass is 230 g/mol. The van der Waals surface area contributed by atoms with Gasteiger partial charge in [0.05, 0.1) is 5.71 Å². The Morgan fingerprint density at radius 1 is 1.58 bits per heavy atom. The van der Waals surface area contributed by atoms with E-state index in [4.69, 9.17) is 5.84 Å². The Balaban J connectivity index is 3.23. The lowest BCUT2D eigenvalue weighted by Gasteiger charge is -2.01. The maximum atomic E-state index is 13.0. The lowest BCUT2D eigenvalue weighted by Crippen LogP contribution is -2.01. The molecule has 0 spiro atoms. The van der Waals surface area contributed by atoms with Gasteiger partial charge in [0.2, 0.25) is 0 Å². The van der Waals surface area contributed by atoms with E-state index in [0.29, 0.717) is 11.3 Å². The molecule has 1 rings (SSSR count). The van der Waals surface area contributed by atoms with Gasteiger partial charge in [-0.05, 0) is 25.1 Å². The third-order valence-corrected chi connectivity index (χ3v) is 2.01. The second kappa shape index (κ2) is 3.67. The highest BCUT2D eigenvalue weighted by molar-refractivity contribution is 9.10. The minimum Gasteiger partial charge on any atom is -0.323 e. The van der Waals surface area contributed by atoms with Crippen molar-refractivity contribution in [3.05, 3.63) is 34.1 Å². The zero-order chi connectivity index (χ0) is 9.14. The normalized spacial score (nSPS) is 11.8. The quantitative estimate of drug-likeness (QED) is 0.449. The summed E-state index contributed by atoms with van der Waals surface area (Å²) in [5.74, 6) is 4.71. The molecule has 0 fully saturated rings. The second-order valence-corrected chi connectivity index (χ2v) is 3.25. The Bertz CT molecular complexity index is 323. The smallest absolute Gasteiger partial charge is 0.132 e. The average molecular weight is 231 g/mol. The van der Waals surface area contributed by atoms with Crippen LogP contribution in [0.25, 0.3) is 0 Å². The summed E-state index contributed by atoms with van der Waals surface area (Å²) in [5, 5.41) is 3.42. The van der Waals surface area contributed by atoms with E-state index in [1.165, 1.54) is 6.07 Å². The molecule has 0 saturated heterocycles. The first-order valence-corrected chi connectivity index (χ1v) is 4.14. The molecule has 0 aliphatic heterocycles. The zero-order valence-electron chi connectivity index (χ0n) is 6.51. The molecule has 12 heavy (non-hydrogen) atoms. The van der Waals surface area contributed by atoms with E-state index in [-0.39, 0.29) is 5.82 Å². The Morgan fingerprint density at radius 2 is 2.25 bits per heavy atom. The van der Waals surface area contributed by atoms with Gasteiger partial charge in [0.15, 0.2) is 0 Å². The molecule has 0 aliphatic rings. The highest BCUT2D eigenvalue weighted by Crippen LogP contribution is 2.15.